The Morgan fingerprint density at radius 3 is 2.78 bits per heavy atom. The summed E-state index contributed by atoms with van der Waals surface area (Å²) in [5.41, 5.74) is 2.48. The van der Waals surface area contributed by atoms with Crippen LogP contribution < -0.4 is 10.9 Å². The summed E-state index contributed by atoms with van der Waals surface area (Å²) >= 11 is 0. The summed E-state index contributed by atoms with van der Waals surface area (Å²) in [6, 6.07) is 15.8. The molecule has 0 spiro atoms. The second-order valence-corrected chi connectivity index (χ2v) is 5.92. The summed E-state index contributed by atoms with van der Waals surface area (Å²) in [6.07, 6.45) is 5.03. The van der Waals surface area contributed by atoms with E-state index in [1.54, 1.807) is 36.8 Å². The average molecular weight is 357 g/mol. The molecule has 0 atom stereocenters. The van der Waals surface area contributed by atoms with Gasteiger partial charge in [-0.1, -0.05) is 6.07 Å². The lowest BCUT2D eigenvalue weighted by Crippen LogP contribution is -2.29. The van der Waals surface area contributed by atoms with Crippen molar-refractivity contribution in [2.45, 2.75) is 6.54 Å². The molecule has 0 bridgehead atoms. The lowest BCUT2D eigenvalue weighted by Gasteiger charge is -2.09. The van der Waals surface area contributed by atoms with Gasteiger partial charge in [-0.2, -0.15) is 5.10 Å². The molecule has 0 fully saturated rings. The van der Waals surface area contributed by atoms with Crippen LogP contribution in [0.4, 0.5) is 5.69 Å². The first-order valence-electron chi connectivity index (χ1n) is 8.32. The highest BCUT2D eigenvalue weighted by Crippen LogP contribution is 2.17. The number of carbonyl (C=O) groups is 1. The Kier molecular flexibility index (Phi) is 4.40. The number of hydrogen-bond donors (Lipinski definition) is 1. The molecular weight excluding hydrogens is 342 g/mol. The van der Waals surface area contributed by atoms with Crippen molar-refractivity contribution in [3.05, 3.63) is 83.5 Å². The standard InChI is InChI=1S/C20H15N5O2/c26-19(23-16-5-6-17-14(11-16)3-2-10-22-17)13-25-20(27)8-7-18(24-25)15-4-1-9-21-12-15/h1-12H,13H2,(H,23,26). The van der Waals surface area contributed by atoms with Crippen molar-refractivity contribution in [2.75, 3.05) is 5.32 Å². The van der Waals surface area contributed by atoms with Crippen molar-refractivity contribution in [3.8, 4) is 11.3 Å². The average Bonchev–Trinajstić information content (AvgIpc) is 2.70. The Morgan fingerprint density at radius 2 is 1.93 bits per heavy atom. The Hall–Kier alpha value is -3.87. The van der Waals surface area contributed by atoms with Gasteiger partial charge in [-0.15, -0.1) is 0 Å². The number of nitrogens with zero attached hydrogens (tertiary/aromatic N) is 4. The summed E-state index contributed by atoms with van der Waals surface area (Å²) in [5, 5.41) is 7.98. The molecular formula is C20H15N5O2. The Labute approximate surface area is 154 Å². The summed E-state index contributed by atoms with van der Waals surface area (Å²) in [7, 11) is 0. The number of carbonyl (C=O) groups excluding carboxylic acids is 1. The van der Waals surface area contributed by atoms with Crippen molar-refractivity contribution < 1.29 is 4.79 Å². The molecule has 3 heterocycles. The number of rotatable bonds is 4. The number of aromatic nitrogens is 4. The summed E-state index contributed by atoms with van der Waals surface area (Å²) in [4.78, 5) is 32.7. The van der Waals surface area contributed by atoms with Gasteiger partial charge in [-0.05, 0) is 42.5 Å². The van der Waals surface area contributed by atoms with Gasteiger partial charge in [0, 0.05) is 41.3 Å². The van der Waals surface area contributed by atoms with Crippen LogP contribution in [-0.4, -0.2) is 25.7 Å². The molecule has 0 saturated carbocycles. The van der Waals surface area contributed by atoms with Gasteiger partial charge < -0.3 is 5.32 Å². The first-order valence-corrected chi connectivity index (χ1v) is 8.32. The Bertz CT molecular complexity index is 1170. The molecule has 7 nitrogen and oxygen atoms in total. The summed E-state index contributed by atoms with van der Waals surface area (Å²) in [6.45, 7) is -0.183. The predicted molar refractivity (Wildman–Crippen MR) is 102 cm³/mol. The van der Waals surface area contributed by atoms with Crippen molar-refractivity contribution in [1.82, 2.24) is 19.7 Å². The lowest BCUT2D eigenvalue weighted by molar-refractivity contribution is -0.117. The van der Waals surface area contributed by atoms with Crippen molar-refractivity contribution in [1.29, 1.82) is 0 Å². The van der Waals surface area contributed by atoms with E-state index in [1.807, 2.05) is 30.3 Å². The Morgan fingerprint density at radius 1 is 1.04 bits per heavy atom. The number of amides is 1. The van der Waals surface area contributed by atoms with Crippen LogP contribution in [0.25, 0.3) is 22.2 Å². The van der Waals surface area contributed by atoms with Gasteiger partial charge in [0.05, 0.1) is 11.2 Å². The monoisotopic (exact) mass is 357 g/mol. The second kappa shape index (κ2) is 7.17. The third-order valence-electron chi connectivity index (χ3n) is 4.00. The molecule has 0 unspecified atom stereocenters. The van der Waals surface area contributed by atoms with Gasteiger partial charge in [0.1, 0.15) is 6.54 Å². The number of pyridine rings is 2. The fourth-order valence-corrected chi connectivity index (χ4v) is 2.72. The van der Waals surface area contributed by atoms with Crippen LogP contribution in [0.1, 0.15) is 0 Å². The highest BCUT2D eigenvalue weighted by atomic mass is 16.2. The molecule has 0 aliphatic rings. The molecule has 0 aliphatic carbocycles. The molecule has 1 N–H and O–H groups in total. The number of benzene rings is 1. The Balaban J connectivity index is 1.54. The molecule has 4 aromatic rings. The van der Waals surface area contributed by atoms with Crippen LogP contribution in [0, 0.1) is 0 Å². The maximum atomic E-state index is 12.4. The minimum Gasteiger partial charge on any atom is -0.324 e. The zero-order valence-corrected chi connectivity index (χ0v) is 14.2. The molecule has 0 radical (unpaired) electrons. The van der Waals surface area contributed by atoms with Crippen LogP contribution >= 0.6 is 0 Å². The molecule has 4 rings (SSSR count). The smallest absolute Gasteiger partial charge is 0.267 e. The molecule has 7 heteroatoms. The summed E-state index contributed by atoms with van der Waals surface area (Å²) in [5.74, 6) is -0.337. The zero-order chi connectivity index (χ0) is 18.6. The van der Waals surface area contributed by atoms with E-state index in [0.29, 0.717) is 11.4 Å². The number of hydrogen-bond acceptors (Lipinski definition) is 5. The van der Waals surface area contributed by atoms with Gasteiger partial charge in [0.15, 0.2) is 0 Å². The zero-order valence-electron chi connectivity index (χ0n) is 14.2. The second-order valence-electron chi connectivity index (χ2n) is 5.92. The van der Waals surface area contributed by atoms with E-state index in [-0.39, 0.29) is 18.0 Å². The van der Waals surface area contributed by atoms with Gasteiger partial charge in [-0.25, -0.2) is 4.68 Å². The van der Waals surface area contributed by atoms with Gasteiger partial charge in [0.25, 0.3) is 5.56 Å². The lowest BCUT2D eigenvalue weighted by atomic mass is 10.2. The number of nitrogens with one attached hydrogen (secondary N) is 1. The van der Waals surface area contributed by atoms with E-state index >= 15 is 0 Å². The highest BCUT2D eigenvalue weighted by molar-refractivity contribution is 5.93. The topological polar surface area (TPSA) is 89.8 Å². The largest absolute Gasteiger partial charge is 0.324 e. The van der Waals surface area contributed by atoms with Crippen LogP contribution in [-0.2, 0) is 11.3 Å². The summed E-state index contributed by atoms with van der Waals surface area (Å²) < 4.78 is 1.14. The van der Waals surface area contributed by atoms with Crippen LogP contribution in [0.5, 0.6) is 0 Å². The van der Waals surface area contributed by atoms with Gasteiger partial charge in [-0.3, -0.25) is 19.6 Å². The molecule has 1 amide bonds. The van der Waals surface area contributed by atoms with E-state index in [2.05, 4.69) is 20.4 Å². The van der Waals surface area contributed by atoms with E-state index in [9.17, 15) is 9.59 Å². The maximum absolute atomic E-state index is 12.4. The minimum atomic E-state index is -0.347. The van der Waals surface area contributed by atoms with Crippen LogP contribution in [0.3, 0.4) is 0 Å². The van der Waals surface area contributed by atoms with E-state index < -0.39 is 0 Å². The van der Waals surface area contributed by atoms with E-state index in [0.717, 1.165) is 21.1 Å². The minimum absolute atomic E-state index is 0.183. The molecule has 3 aromatic heterocycles. The van der Waals surface area contributed by atoms with Crippen LogP contribution in [0.15, 0.2) is 78.0 Å². The predicted octanol–water partition coefficient (Wildman–Crippen LogP) is 2.49. The maximum Gasteiger partial charge on any atom is 0.267 e. The van der Waals surface area contributed by atoms with Crippen LogP contribution in [0.2, 0.25) is 0 Å². The third kappa shape index (κ3) is 3.72. The first-order chi connectivity index (χ1) is 13.2. The third-order valence-corrected chi connectivity index (χ3v) is 4.00. The van der Waals surface area contributed by atoms with Crippen molar-refractivity contribution in [2.24, 2.45) is 0 Å². The van der Waals surface area contributed by atoms with Crippen molar-refractivity contribution >= 4 is 22.5 Å². The quantitative estimate of drug-likeness (QED) is 0.606. The molecule has 0 saturated heterocycles. The highest BCUT2D eigenvalue weighted by Gasteiger charge is 2.09. The van der Waals surface area contributed by atoms with E-state index in [4.69, 9.17) is 0 Å². The van der Waals surface area contributed by atoms with E-state index in [1.165, 1.54) is 6.07 Å². The normalized spacial score (nSPS) is 10.7. The molecule has 1 aromatic carbocycles. The fraction of sp³-hybridized carbons (Fsp3) is 0.0500. The SMILES string of the molecule is O=C(Cn1nc(-c2cccnc2)ccc1=O)Nc1ccc2ncccc2c1. The number of anilines is 1. The molecule has 27 heavy (non-hydrogen) atoms. The molecule has 132 valence electrons. The fourth-order valence-electron chi connectivity index (χ4n) is 2.72. The van der Waals surface area contributed by atoms with Crippen molar-refractivity contribution in [3.63, 3.8) is 0 Å². The molecule has 0 aliphatic heterocycles. The number of fused-ring (bicyclic) bond motifs is 1. The first kappa shape index (κ1) is 16.6. The van der Waals surface area contributed by atoms with Gasteiger partial charge >= 0.3 is 0 Å². The van der Waals surface area contributed by atoms with Gasteiger partial charge in [0.2, 0.25) is 5.91 Å².